The van der Waals surface area contributed by atoms with E-state index in [2.05, 4.69) is 61.1 Å². The van der Waals surface area contributed by atoms with E-state index in [4.69, 9.17) is 23.7 Å². The molecule has 1 aliphatic rings. The minimum atomic E-state index is -0.625. The zero-order chi connectivity index (χ0) is 61.8. The van der Waals surface area contributed by atoms with Crippen LogP contribution in [0.5, 0.6) is 0 Å². The summed E-state index contributed by atoms with van der Waals surface area (Å²) in [4.78, 5) is 70.4. The molecule has 4 N–H and O–H groups in total. The maximum absolute atomic E-state index is 12.8. The first-order valence-corrected chi connectivity index (χ1v) is 35.8. The Morgan fingerprint density at radius 2 is 0.714 bits per heavy atom. The van der Waals surface area contributed by atoms with Gasteiger partial charge in [-0.05, 0) is 108 Å². The number of aliphatic hydroxyl groups excluding tert-OH is 4. The van der Waals surface area contributed by atoms with Gasteiger partial charge in [0.25, 0.3) is 0 Å². The Morgan fingerprint density at radius 1 is 0.393 bits per heavy atom. The largest absolute Gasteiger partial charge is 0.466 e. The van der Waals surface area contributed by atoms with Gasteiger partial charge in [0.05, 0.1) is 50.8 Å². The highest BCUT2D eigenvalue weighted by Gasteiger charge is 2.21. The fraction of sp³-hybridized carbons (Fsp3) is 0.922. The van der Waals surface area contributed by atoms with Crippen LogP contribution >= 0.6 is 21.6 Å². The van der Waals surface area contributed by atoms with Gasteiger partial charge in [0.2, 0.25) is 0 Å². The van der Waals surface area contributed by atoms with E-state index in [1.54, 1.807) is 0 Å². The van der Waals surface area contributed by atoms with Gasteiger partial charge >= 0.3 is 29.8 Å². The Morgan fingerprint density at radius 3 is 1.08 bits per heavy atom. The van der Waals surface area contributed by atoms with Gasteiger partial charge in [0.1, 0.15) is 6.61 Å². The van der Waals surface area contributed by atoms with Crippen LogP contribution in [0, 0.1) is 11.8 Å². The lowest BCUT2D eigenvalue weighted by Gasteiger charge is -2.34. The van der Waals surface area contributed by atoms with Crippen LogP contribution in [0.3, 0.4) is 0 Å². The molecule has 20 heteroatoms. The number of nitrogens with zero attached hydrogens (tertiary/aromatic N) is 4. The highest BCUT2D eigenvalue weighted by atomic mass is 33.1. The van der Waals surface area contributed by atoms with Crippen molar-refractivity contribution in [3.8, 4) is 0 Å². The molecule has 0 saturated carbocycles. The number of hydrogen-bond donors (Lipinski definition) is 4. The fourth-order valence-electron chi connectivity index (χ4n) is 9.92. The highest BCUT2D eigenvalue weighted by molar-refractivity contribution is 8.76. The van der Waals surface area contributed by atoms with Crippen molar-refractivity contribution in [2.45, 2.75) is 246 Å². The van der Waals surface area contributed by atoms with Gasteiger partial charge in [-0.1, -0.05) is 127 Å². The Labute approximate surface area is 517 Å². The standard InChI is InChI=1S/C64H122N4O14S2/c1-7-13-43-78-60(73)30-19-15-26-58(71)50-68(51-59(72)27-16-20-31-61(74)79-44-14-8-2)36-25-46-83-84-47-42-66-39-37-65(38-40-66)41-45-80-62(75)34-23-24-35-67(48-56(69)28-17-21-32-63(76)81-52-54(9-3)10-4)49-57(70)29-18-22-33-64(77)82-53-55(11-5)12-6/h54-59,69-72H,7-53H2,1-6H3. The predicted molar refractivity (Wildman–Crippen MR) is 340 cm³/mol. The van der Waals surface area contributed by atoms with E-state index >= 15 is 0 Å². The molecule has 84 heavy (non-hydrogen) atoms. The van der Waals surface area contributed by atoms with Crippen molar-refractivity contribution in [2.24, 2.45) is 11.8 Å². The molecular formula is C64H122N4O14S2. The molecule has 1 aliphatic heterocycles. The average Bonchev–Trinajstić information content (AvgIpc) is 3.54. The van der Waals surface area contributed by atoms with Crippen molar-refractivity contribution >= 4 is 51.4 Å². The highest BCUT2D eigenvalue weighted by Crippen LogP contribution is 2.23. The Balaban J connectivity index is 2.46. The van der Waals surface area contributed by atoms with Crippen molar-refractivity contribution in [3.63, 3.8) is 0 Å². The van der Waals surface area contributed by atoms with Crippen molar-refractivity contribution in [2.75, 3.05) is 123 Å². The molecule has 0 amide bonds. The van der Waals surface area contributed by atoms with E-state index in [0.717, 1.165) is 121 Å². The third kappa shape index (κ3) is 46.8. The van der Waals surface area contributed by atoms with Crippen molar-refractivity contribution in [1.82, 2.24) is 19.6 Å². The van der Waals surface area contributed by atoms with Crippen LogP contribution in [0.25, 0.3) is 0 Å². The first-order chi connectivity index (χ1) is 40.6. The molecule has 494 valence electrons. The SMILES string of the molecule is CCCCOC(=O)CCCCC(O)CN(CCCSSCCN1CCN(CCOC(=O)CCCCN(CC(O)CCCCC(=O)OCC(CC)CC)CC(O)CCCCC(=O)OCC(CC)CC)CC1)CC(O)CCCCC(=O)OCCCC. The van der Waals surface area contributed by atoms with Gasteiger partial charge < -0.3 is 44.1 Å². The molecule has 0 spiro atoms. The zero-order valence-electron chi connectivity index (χ0n) is 53.7. The van der Waals surface area contributed by atoms with Gasteiger partial charge in [0.15, 0.2) is 0 Å². The minimum Gasteiger partial charge on any atom is -0.466 e. The maximum Gasteiger partial charge on any atom is 0.305 e. The monoisotopic (exact) mass is 1230 g/mol. The summed E-state index contributed by atoms with van der Waals surface area (Å²) in [5.41, 5.74) is 0. The van der Waals surface area contributed by atoms with E-state index in [9.17, 15) is 44.4 Å². The third-order valence-corrected chi connectivity index (χ3v) is 18.3. The third-order valence-electron chi connectivity index (χ3n) is 15.9. The van der Waals surface area contributed by atoms with E-state index < -0.39 is 24.4 Å². The van der Waals surface area contributed by atoms with Crippen LogP contribution < -0.4 is 0 Å². The van der Waals surface area contributed by atoms with Crippen molar-refractivity contribution < 1.29 is 68.1 Å². The molecule has 4 atom stereocenters. The minimum absolute atomic E-state index is 0.180. The van der Waals surface area contributed by atoms with E-state index in [1.165, 1.54) is 0 Å². The summed E-state index contributed by atoms with van der Waals surface area (Å²) in [7, 11) is 3.74. The maximum atomic E-state index is 12.8. The van der Waals surface area contributed by atoms with Crippen molar-refractivity contribution in [3.05, 3.63) is 0 Å². The van der Waals surface area contributed by atoms with Crippen LogP contribution in [0.1, 0.15) is 221 Å². The molecule has 0 bridgehead atoms. The molecule has 0 aliphatic carbocycles. The second kappa shape index (κ2) is 54.8. The van der Waals surface area contributed by atoms with Gasteiger partial charge in [0, 0.05) is 109 Å². The number of aliphatic hydroxyl groups is 4. The number of carbonyl (C=O) groups is 5. The molecular weight excluding hydrogens is 1110 g/mol. The van der Waals surface area contributed by atoms with E-state index in [0.29, 0.717) is 193 Å². The number of hydrogen-bond acceptors (Lipinski definition) is 20. The average molecular weight is 1240 g/mol. The van der Waals surface area contributed by atoms with Crippen molar-refractivity contribution in [1.29, 1.82) is 0 Å². The van der Waals surface area contributed by atoms with Gasteiger partial charge in [-0.2, -0.15) is 0 Å². The first kappa shape index (κ1) is 79.7. The number of rotatable bonds is 58. The lowest BCUT2D eigenvalue weighted by molar-refractivity contribution is -0.146. The molecule has 18 nitrogen and oxygen atoms in total. The number of unbranched alkanes of at least 4 members (excludes halogenated alkanes) is 7. The fourth-order valence-corrected chi connectivity index (χ4v) is 12.0. The number of ether oxygens (including phenoxy) is 5. The smallest absolute Gasteiger partial charge is 0.305 e. The Bertz CT molecular complexity index is 1530. The summed E-state index contributed by atoms with van der Waals surface area (Å²) in [5, 5.41) is 43.9. The lowest BCUT2D eigenvalue weighted by Crippen LogP contribution is -2.47. The molecule has 0 aromatic carbocycles. The normalized spacial score (nSPS) is 14.7. The number of carbonyl (C=O) groups excluding carboxylic acids is 5. The molecule has 0 radical (unpaired) electrons. The lowest BCUT2D eigenvalue weighted by atomic mass is 10.1. The van der Waals surface area contributed by atoms with Gasteiger partial charge in [-0.3, -0.25) is 43.6 Å². The van der Waals surface area contributed by atoms with Gasteiger partial charge in [-0.25, -0.2) is 0 Å². The second-order valence-electron chi connectivity index (χ2n) is 23.4. The van der Waals surface area contributed by atoms with Crippen LogP contribution in [0.15, 0.2) is 0 Å². The molecule has 1 saturated heterocycles. The first-order valence-electron chi connectivity index (χ1n) is 33.3. The van der Waals surface area contributed by atoms with E-state index in [1.807, 2.05) is 21.6 Å². The van der Waals surface area contributed by atoms with E-state index in [-0.39, 0.29) is 29.8 Å². The summed E-state index contributed by atoms with van der Waals surface area (Å²) in [6, 6.07) is 0. The van der Waals surface area contributed by atoms with Crippen LogP contribution in [-0.2, 0) is 47.7 Å². The topological polar surface area (TPSA) is 225 Å². The zero-order valence-corrected chi connectivity index (χ0v) is 55.3. The molecule has 1 heterocycles. The summed E-state index contributed by atoms with van der Waals surface area (Å²) < 4.78 is 27.1. The summed E-state index contributed by atoms with van der Waals surface area (Å²) >= 11 is 0. The Hall–Kier alpha value is -2.27. The molecule has 1 fully saturated rings. The van der Waals surface area contributed by atoms with Crippen LogP contribution in [0.2, 0.25) is 0 Å². The van der Waals surface area contributed by atoms with Crippen LogP contribution in [-0.4, -0.2) is 217 Å². The van der Waals surface area contributed by atoms with Crippen LogP contribution in [0.4, 0.5) is 0 Å². The van der Waals surface area contributed by atoms with Gasteiger partial charge in [-0.15, -0.1) is 0 Å². The summed E-state index contributed by atoms with van der Waals surface area (Å²) in [6.07, 6.45) is 16.9. The summed E-state index contributed by atoms with van der Waals surface area (Å²) in [5.74, 6) is 1.77. The molecule has 1 rings (SSSR count). The number of esters is 5. The molecule has 4 unspecified atom stereocenters. The Kier molecular flexibility index (Phi) is 52.1. The predicted octanol–water partition coefficient (Wildman–Crippen LogP) is 10.0. The number of piperazine rings is 1. The summed E-state index contributed by atoms with van der Waals surface area (Å²) in [6.45, 7) is 23.2. The second-order valence-corrected chi connectivity index (χ2v) is 26.1. The quantitative estimate of drug-likeness (QED) is 0.0192. The molecule has 0 aromatic heterocycles. The molecule has 0 aromatic rings.